The molecule has 1 amide bonds. The number of methoxy groups -OCH3 is 1. The van der Waals surface area contributed by atoms with Crippen LogP contribution in [0.25, 0.3) is 11.1 Å². The molecule has 0 aliphatic carbocycles. The molecule has 3 heterocycles. The molecule has 4 rings (SSSR count). The molecule has 10 nitrogen and oxygen atoms in total. The summed E-state index contributed by atoms with van der Waals surface area (Å²) in [5.41, 5.74) is 15.8. The average molecular weight is 475 g/mol. The lowest BCUT2D eigenvalue weighted by Gasteiger charge is -2.26. The summed E-state index contributed by atoms with van der Waals surface area (Å²) in [5.74, 6) is 0.777. The number of hydrogen-bond acceptors (Lipinski definition) is 5. The van der Waals surface area contributed by atoms with Crippen molar-refractivity contribution in [2.24, 2.45) is 11.5 Å². The number of rotatable bonds is 5. The number of nitrogens with zero attached hydrogens (tertiary/aromatic N) is 3. The Bertz CT molecular complexity index is 1200. The Hall–Kier alpha value is -4.34. The van der Waals surface area contributed by atoms with Gasteiger partial charge in [0.25, 0.3) is 5.91 Å². The molecule has 0 saturated heterocycles. The molecule has 0 unspecified atom stereocenters. The topological polar surface area (TPSA) is 157 Å². The van der Waals surface area contributed by atoms with Gasteiger partial charge in [0.1, 0.15) is 11.6 Å². The number of carbonyl (C=O) groups excluding carboxylic acids is 1. The van der Waals surface area contributed by atoms with Gasteiger partial charge in [-0.1, -0.05) is 18.2 Å². The third kappa shape index (κ3) is 5.43. The molecule has 0 bridgehead atoms. The van der Waals surface area contributed by atoms with Gasteiger partial charge in [-0.05, 0) is 59.4 Å². The number of carbonyl (C=O) groups is 1. The van der Waals surface area contributed by atoms with Crippen LogP contribution in [0.4, 0.5) is 5.82 Å². The van der Waals surface area contributed by atoms with E-state index in [0.29, 0.717) is 43.3 Å². The van der Waals surface area contributed by atoms with Crippen molar-refractivity contribution in [1.29, 1.82) is 10.8 Å². The van der Waals surface area contributed by atoms with Crippen LogP contribution in [-0.2, 0) is 0 Å². The molecule has 7 N–H and O–H groups in total. The summed E-state index contributed by atoms with van der Waals surface area (Å²) in [6, 6.07) is 9.23. The van der Waals surface area contributed by atoms with Gasteiger partial charge in [-0.25, -0.2) is 4.98 Å². The van der Waals surface area contributed by atoms with Crippen LogP contribution in [0.5, 0.6) is 5.75 Å². The Kier molecular flexibility index (Phi) is 7.00. The van der Waals surface area contributed by atoms with E-state index in [0.717, 1.165) is 35.1 Å². The van der Waals surface area contributed by atoms with E-state index in [9.17, 15) is 4.79 Å². The van der Waals surface area contributed by atoms with Crippen LogP contribution in [0.2, 0.25) is 0 Å². The standard InChI is InChI=1S/C25H30N8O2/c1-35-21-14-18(16-6-10-32(11-7-16)24(26)27)2-4-20(21)23(34)31-22-5-3-19(15-30-22)17-8-12-33(13-9-17)25(28)29/h2-6,8,14-15H,7,9-13H2,1H3,(H3,26,27)(H3,28,29)(H,30,31,34). The Labute approximate surface area is 204 Å². The van der Waals surface area contributed by atoms with E-state index >= 15 is 0 Å². The zero-order chi connectivity index (χ0) is 24.9. The molecule has 182 valence electrons. The van der Waals surface area contributed by atoms with Crippen molar-refractivity contribution in [1.82, 2.24) is 14.8 Å². The number of amides is 1. The normalized spacial score (nSPS) is 15.7. The van der Waals surface area contributed by atoms with Gasteiger partial charge in [-0.15, -0.1) is 0 Å². The van der Waals surface area contributed by atoms with Gasteiger partial charge < -0.3 is 31.3 Å². The molecular formula is C25H30N8O2. The molecule has 0 saturated carbocycles. The summed E-state index contributed by atoms with van der Waals surface area (Å²) in [4.78, 5) is 21.0. The lowest BCUT2D eigenvalue weighted by molar-refractivity contribution is 0.102. The molecule has 0 fully saturated rings. The van der Waals surface area contributed by atoms with Crippen LogP contribution in [0.15, 0.2) is 48.7 Å². The summed E-state index contributed by atoms with van der Waals surface area (Å²) in [6.45, 7) is 2.56. The first kappa shape index (κ1) is 23.8. The molecule has 0 radical (unpaired) electrons. The smallest absolute Gasteiger partial charge is 0.260 e. The van der Waals surface area contributed by atoms with E-state index in [-0.39, 0.29) is 17.8 Å². The van der Waals surface area contributed by atoms with Crippen molar-refractivity contribution in [2.75, 3.05) is 38.6 Å². The number of guanidine groups is 2. The number of nitrogens with one attached hydrogen (secondary N) is 3. The molecule has 2 aromatic rings. The highest BCUT2D eigenvalue weighted by Crippen LogP contribution is 2.29. The molecule has 2 aliphatic heterocycles. The van der Waals surface area contributed by atoms with E-state index in [4.69, 9.17) is 27.0 Å². The van der Waals surface area contributed by atoms with Crippen molar-refractivity contribution in [2.45, 2.75) is 12.8 Å². The third-order valence-corrected chi connectivity index (χ3v) is 6.29. The summed E-state index contributed by atoms with van der Waals surface area (Å²) in [7, 11) is 1.54. The Morgan fingerprint density at radius 2 is 1.57 bits per heavy atom. The molecule has 2 aliphatic rings. The molecule has 0 atom stereocenters. The van der Waals surface area contributed by atoms with Gasteiger partial charge in [0.15, 0.2) is 11.9 Å². The minimum Gasteiger partial charge on any atom is -0.496 e. The first-order valence-electron chi connectivity index (χ1n) is 11.4. The lowest BCUT2D eigenvalue weighted by atomic mass is 9.97. The fourth-order valence-electron chi connectivity index (χ4n) is 4.22. The summed E-state index contributed by atoms with van der Waals surface area (Å²) < 4.78 is 5.51. The zero-order valence-corrected chi connectivity index (χ0v) is 19.7. The average Bonchev–Trinajstić information content (AvgIpc) is 2.88. The Morgan fingerprint density at radius 3 is 2.06 bits per heavy atom. The molecule has 1 aromatic carbocycles. The van der Waals surface area contributed by atoms with Gasteiger partial charge in [0.05, 0.1) is 12.7 Å². The zero-order valence-electron chi connectivity index (χ0n) is 19.7. The maximum atomic E-state index is 12.9. The van der Waals surface area contributed by atoms with Crippen LogP contribution in [0, 0.1) is 10.8 Å². The van der Waals surface area contributed by atoms with E-state index in [2.05, 4.69) is 10.3 Å². The van der Waals surface area contributed by atoms with Crippen LogP contribution in [-0.4, -0.2) is 65.9 Å². The number of anilines is 1. The van der Waals surface area contributed by atoms with E-state index in [1.807, 2.05) is 30.4 Å². The maximum Gasteiger partial charge on any atom is 0.260 e. The number of ether oxygens (including phenoxy) is 1. The van der Waals surface area contributed by atoms with Gasteiger partial charge >= 0.3 is 0 Å². The highest BCUT2D eigenvalue weighted by atomic mass is 16.5. The monoisotopic (exact) mass is 474 g/mol. The van der Waals surface area contributed by atoms with Gasteiger partial charge in [-0.3, -0.25) is 15.6 Å². The predicted octanol–water partition coefficient (Wildman–Crippen LogP) is 2.31. The van der Waals surface area contributed by atoms with Crippen molar-refractivity contribution in [3.05, 3.63) is 65.4 Å². The number of benzene rings is 1. The second kappa shape index (κ2) is 10.3. The van der Waals surface area contributed by atoms with Crippen LogP contribution in [0.1, 0.15) is 34.3 Å². The first-order valence-corrected chi connectivity index (χ1v) is 11.4. The second-order valence-electron chi connectivity index (χ2n) is 8.42. The fourth-order valence-corrected chi connectivity index (χ4v) is 4.22. The fraction of sp³-hybridized carbons (Fsp3) is 0.280. The van der Waals surface area contributed by atoms with E-state index in [1.54, 1.807) is 35.2 Å². The number of hydrogen-bond donors (Lipinski definition) is 5. The van der Waals surface area contributed by atoms with Crippen molar-refractivity contribution < 1.29 is 9.53 Å². The van der Waals surface area contributed by atoms with Gasteiger partial charge in [0.2, 0.25) is 0 Å². The predicted molar refractivity (Wildman–Crippen MR) is 137 cm³/mol. The van der Waals surface area contributed by atoms with Crippen LogP contribution < -0.4 is 21.5 Å². The summed E-state index contributed by atoms with van der Waals surface area (Å²) in [6.07, 6.45) is 7.37. The van der Waals surface area contributed by atoms with E-state index in [1.165, 1.54) is 0 Å². The van der Waals surface area contributed by atoms with E-state index < -0.39 is 0 Å². The Morgan fingerprint density at radius 1 is 0.971 bits per heavy atom. The first-order chi connectivity index (χ1) is 16.9. The largest absolute Gasteiger partial charge is 0.496 e. The SMILES string of the molecule is COc1cc(C2=CCN(C(=N)N)CC2)ccc1C(=O)Nc1ccc(C2=CCN(C(=N)N)CC2)cn1. The highest BCUT2D eigenvalue weighted by Gasteiger charge is 2.18. The van der Waals surface area contributed by atoms with Crippen molar-refractivity contribution in [3.63, 3.8) is 0 Å². The maximum absolute atomic E-state index is 12.9. The lowest BCUT2D eigenvalue weighted by Crippen LogP contribution is -2.39. The van der Waals surface area contributed by atoms with Gasteiger partial charge in [0, 0.05) is 32.4 Å². The van der Waals surface area contributed by atoms with Crippen molar-refractivity contribution in [3.8, 4) is 5.75 Å². The van der Waals surface area contributed by atoms with Crippen LogP contribution >= 0.6 is 0 Å². The summed E-state index contributed by atoms with van der Waals surface area (Å²) >= 11 is 0. The molecular weight excluding hydrogens is 444 g/mol. The molecule has 10 heteroatoms. The number of aromatic nitrogens is 1. The molecule has 35 heavy (non-hydrogen) atoms. The third-order valence-electron chi connectivity index (χ3n) is 6.29. The van der Waals surface area contributed by atoms with Crippen LogP contribution in [0.3, 0.4) is 0 Å². The minimum atomic E-state index is -0.303. The Balaban J connectivity index is 1.43. The number of pyridine rings is 1. The molecule has 0 spiro atoms. The van der Waals surface area contributed by atoms with Gasteiger partial charge in [-0.2, -0.15) is 0 Å². The molecule has 1 aromatic heterocycles. The second-order valence-corrected chi connectivity index (χ2v) is 8.42. The summed E-state index contributed by atoms with van der Waals surface area (Å²) in [5, 5.41) is 17.9. The highest BCUT2D eigenvalue weighted by molar-refractivity contribution is 6.06. The quantitative estimate of drug-likeness (QED) is 0.329. The minimum absolute atomic E-state index is 0.0710. The number of nitrogens with two attached hydrogens (primary N) is 2. The van der Waals surface area contributed by atoms with Crippen molar-refractivity contribution >= 4 is 34.8 Å².